The summed E-state index contributed by atoms with van der Waals surface area (Å²) >= 11 is 0. The van der Waals surface area contributed by atoms with Gasteiger partial charge in [-0.2, -0.15) is 0 Å². The highest BCUT2D eigenvalue weighted by Crippen LogP contribution is 2.29. The van der Waals surface area contributed by atoms with Gasteiger partial charge in [0.05, 0.1) is 18.1 Å². The highest BCUT2D eigenvalue weighted by atomic mass is 19.1. The summed E-state index contributed by atoms with van der Waals surface area (Å²) in [6.45, 7) is 3.53. The van der Waals surface area contributed by atoms with Crippen molar-refractivity contribution in [2.45, 2.75) is 19.8 Å². The van der Waals surface area contributed by atoms with Crippen molar-refractivity contribution >= 4 is 22.6 Å². The fourth-order valence-corrected chi connectivity index (χ4v) is 3.92. The summed E-state index contributed by atoms with van der Waals surface area (Å²) in [4.78, 5) is 18.1. The maximum atomic E-state index is 14.0. The van der Waals surface area contributed by atoms with Gasteiger partial charge in [-0.1, -0.05) is 0 Å². The van der Waals surface area contributed by atoms with E-state index in [4.69, 9.17) is 10.5 Å². The third kappa shape index (κ3) is 3.17. The highest BCUT2D eigenvalue weighted by molar-refractivity contribution is 5.80. The molecule has 1 aromatic heterocycles. The van der Waals surface area contributed by atoms with Gasteiger partial charge in [0, 0.05) is 42.5 Å². The molecule has 1 amide bonds. The fraction of sp³-hybridized carbons (Fsp3) is 0.333. The Kier molecular flexibility index (Phi) is 4.66. The summed E-state index contributed by atoms with van der Waals surface area (Å²) in [6, 6.07) is 11.2. The zero-order valence-electron chi connectivity index (χ0n) is 16.0. The van der Waals surface area contributed by atoms with Crippen molar-refractivity contribution in [3.05, 3.63) is 48.0 Å². The normalized spacial score (nSPS) is 15.2. The number of carbonyl (C=O) groups is 1. The second-order valence-electron chi connectivity index (χ2n) is 7.15. The van der Waals surface area contributed by atoms with Gasteiger partial charge in [-0.3, -0.25) is 9.36 Å². The molecule has 0 unspecified atom stereocenters. The van der Waals surface area contributed by atoms with Gasteiger partial charge in [-0.05, 0) is 44.0 Å². The summed E-state index contributed by atoms with van der Waals surface area (Å²) in [5, 5.41) is 0. The molecule has 2 N–H and O–H groups in total. The van der Waals surface area contributed by atoms with Crippen molar-refractivity contribution in [1.82, 2.24) is 9.55 Å². The van der Waals surface area contributed by atoms with Gasteiger partial charge in [0.25, 0.3) is 0 Å². The summed E-state index contributed by atoms with van der Waals surface area (Å²) in [5.41, 5.74) is 8.86. The molecular weight excluding hydrogens is 359 g/mol. The van der Waals surface area contributed by atoms with E-state index in [2.05, 4.69) is 22.0 Å². The Balaban J connectivity index is 1.63. The van der Waals surface area contributed by atoms with Crippen LogP contribution in [0.15, 0.2) is 36.4 Å². The van der Waals surface area contributed by atoms with Crippen molar-refractivity contribution < 1.29 is 13.9 Å². The summed E-state index contributed by atoms with van der Waals surface area (Å²) in [7, 11) is 1.45. The van der Waals surface area contributed by atoms with E-state index in [1.54, 1.807) is 6.07 Å². The molecule has 28 heavy (non-hydrogen) atoms. The molecule has 1 fully saturated rings. The Hall–Kier alpha value is -3.09. The van der Waals surface area contributed by atoms with Crippen molar-refractivity contribution in [2.24, 2.45) is 11.7 Å². The van der Waals surface area contributed by atoms with E-state index in [9.17, 15) is 9.18 Å². The predicted octanol–water partition coefficient (Wildman–Crippen LogP) is 3.18. The van der Waals surface area contributed by atoms with E-state index < -0.39 is 5.82 Å². The summed E-state index contributed by atoms with van der Waals surface area (Å²) < 4.78 is 21.1. The van der Waals surface area contributed by atoms with Crippen molar-refractivity contribution in [3.8, 4) is 11.4 Å². The first-order valence-electron chi connectivity index (χ1n) is 9.35. The third-order valence-corrected chi connectivity index (χ3v) is 5.47. The number of nitrogens with two attached hydrogens (primary N) is 1. The lowest BCUT2D eigenvalue weighted by Crippen LogP contribution is -2.38. The molecule has 6 nitrogen and oxygen atoms in total. The number of ether oxygens (including phenoxy) is 1. The standard InChI is InChI=1S/C21H23FN4O2/c1-13-24-18-11-17(22)20(28-2)12-19(18)26(13)16-5-3-15(4-6-16)25-9-7-14(8-10-25)21(23)27/h3-6,11-12,14H,7-10H2,1-2H3,(H2,23,27). The van der Waals surface area contributed by atoms with Crippen LogP contribution in [0.4, 0.5) is 10.1 Å². The highest BCUT2D eigenvalue weighted by Gasteiger charge is 2.23. The van der Waals surface area contributed by atoms with E-state index in [1.165, 1.54) is 13.2 Å². The van der Waals surface area contributed by atoms with Crippen molar-refractivity contribution in [2.75, 3.05) is 25.1 Å². The Morgan fingerprint density at radius 3 is 2.43 bits per heavy atom. The molecule has 0 atom stereocenters. The fourth-order valence-electron chi connectivity index (χ4n) is 3.92. The molecular formula is C21H23FN4O2. The molecule has 0 saturated carbocycles. The number of benzene rings is 2. The smallest absolute Gasteiger partial charge is 0.220 e. The largest absolute Gasteiger partial charge is 0.494 e. The molecule has 0 radical (unpaired) electrons. The number of aryl methyl sites for hydroxylation is 1. The minimum Gasteiger partial charge on any atom is -0.494 e. The molecule has 1 aliphatic rings. The van der Waals surface area contributed by atoms with Gasteiger partial charge >= 0.3 is 0 Å². The number of anilines is 1. The first kappa shape index (κ1) is 18.3. The first-order valence-corrected chi connectivity index (χ1v) is 9.35. The van der Waals surface area contributed by atoms with Crippen molar-refractivity contribution in [3.63, 3.8) is 0 Å². The number of primary amides is 1. The second-order valence-corrected chi connectivity index (χ2v) is 7.15. The lowest BCUT2D eigenvalue weighted by molar-refractivity contribution is -0.122. The van der Waals surface area contributed by atoms with Gasteiger partial charge < -0.3 is 15.4 Å². The van der Waals surface area contributed by atoms with Gasteiger partial charge in [0.2, 0.25) is 5.91 Å². The van der Waals surface area contributed by atoms with Gasteiger partial charge in [0.15, 0.2) is 11.6 Å². The number of aromatic nitrogens is 2. The number of rotatable bonds is 4. The SMILES string of the molecule is COc1cc2c(cc1F)nc(C)n2-c1ccc(N2CCC(C(N)=O)CC2)cc1. The van der Waals surface area contributed by atoms with Crippen LogP contribution in [0.2, 0.25) is 0 Å². The quantitative estimate of drug-likeness (QED) is 0.752. The zero-order chi connectivity index (χ0) is 19.8. The number of halogens is 1. The van der Waals surface area contributed by atoms with Crippen LogP contribution < -0.4 is 15.4 Å². The minimum atomic E-state index is -0.422. The molecule has 4 rings (SSSR count). The van der Waals surface area contributed by atoms with Crippen LogP contribution in [0.25, 0.3) is 16.7 Å². The monoisotopic (exact) mass is 382 g/mol. The molecule has 1 saturated heterocycles. The number of carbonyl (C=O) groups excluding carboxylic acids is 1. The lowest BCUT2D eigenvalue weighted by Gasteiger charge is -2.32. The number of methoxy groups -OCH3 is 1. The molecule has 3 aromatic rings. The Labute approximate surface area is 162 Å². The Morgan fingerprint density at radius 1 is 1.18 bits per heavy atom. The zero-order valence-corrected chi connectivity index (χ0v) is 16.0. The number of piperidine rings is 1. The first-order chi connectivity index (χ1) is 13.5. The van der Waals surface area contributed by atoms with E-state index in [0.29, 0.717) is 5.52 Å². The molecule has 2 aromatic carbocycles. The van der Waals surface area contributed by atoms with E-state index in [0.717, 1.165) is 48.6 Å². The number of hydrogen-bond acceptors (Lipinski definition) is 4. The van der Waals surface area contributed by atoms with Crippen LogP contribution in [0.5, 0.6) is 5.75 Å². The molecule has 0 spiro atoms. The minimum absolute atomic E-state index is 0.0224. The summed E-state index contributed by atoms with van der Waals surface area (Å²) in [6.07, 6.45) is 1.57. The average molecular weight is 382 g/mol. The third-order valence-electron chi connectivity index (χ3n) is 5.47. The number of imidazole rings is 1. The molecule has 7 heteroatoms. The van der Waals surface area contributed by atoms with Crippen LogP contribution in [0.1, 0.15) is 18.7 Å². The summed E-state index contributed by atoms with van der Waals surface area (Å²) in [5.74, 6) is 0.324. The van der Waals surface area contributed by atoms with Crippen molar-refractivity contribution in [1.29, 1.82) is 0 Å². The molecule has 2 heterocycles. The van der Waals surface area contributed by atoms with Crippen LogP contribution in [-0.4, -0.2) is 35.7 Å². The van der Waals surface area contributed by atoms with Gasteiger partial charge in [0.1, 0.15) is 5.82 Å². The van der Waals surface area contributed by atoms with Crippen LogP contribution in [-0.2, 0) is 4.79 Å². The number of nitrogens with zero attached hydrogens (tertiary/aromatic N) is 3. The Bertz CT molecular complexity index is 1020. The lowest BCUT2D eigenvalue weighted by atomic mass is 9.96. The average Bonchev–Trinajstić information content (AvgIpc) is 3.02. The number of amides is 1. The Morgan fingerprint density at radius 2 is 1.82 bits per heavy atom. The molecule has 1 aliphatic heterocycles. The maximum Gasteiger partial charge on any atom is 0.220 e. The number of hydrogen-bond donors (Lipinski definition) is 1. The van der Waals surface area contributed by atoms with Crippen LogP contribution >= 0.6 is 0 Å². The topological polar surface area (TPSA) is 73.4 Å². The predicted molar refractivity (Wildman–Crippen MR) is 106 cm³/mol. The second kappa shape index (κ2) is 7.14. The van der Waals surface area contributed by atoms with Crippen LogP contribution in [0.3, 0.4) is 0 Å². The van der Waals surface area contributed by atoms with Crippen LogP contribution in [0, 0.1) is 18.7 Å². The maximum absolute atomic E-state index is 14.0. The van der Waals surface area contributed by atoms with E-state index in [1.807, 2.05) is 23.6 Å². The van der Waals surface area contributed by atoms with Gasteiger partial charge in [-0.15, -0.1) is 0 Å². The number of fused-ring (bicyclic) bond motifs is 1. The molecule has 0 bridgehead atoms. The van der Waals surface area contributed by atoms with Gasteiger partial charge in [-0.25, -0.2) is 9.37 Å². The molecule has 0 aliphatic carbocycles. The molecule has 146 valence electrons. The van der Waals surface area contributed by atoms with E-state index >= 15 is 0 Å². The van der Waals surface area contributed by atoms with E-state index in [-0.39, 0.29) is 17.6 Å².